The number of benzene rings is 3. The van der Waals surface area contributed by atoms with Crippen molar-refractivity contribution in [2.75, 3.05) is 12.3 Å². The number of nitrogens with one attached hydrogen (secondary N) is 1. The summed E-state index contributed by atoms with van der Waals surface area (Å²) in [5.74, 6) is 0.852. The second-order valence-corrected chi connectivity index (χ2v) is 13.4. The van der Waals surface area contributed by atoms with Gasteiger partial charge in [0.15, 0.2) is 11.5 Å². The fourth-order valence-corrected chi connectivity index (χ4v) is 7.37. The average Bonchev–Trinajstić information content (AvgIpc) is 3.72. The van der Waals surface area contributed by atoms with E-state index in [4.69, 9.17) is 29.2 Å². The first-order valence-corrected chi connectivity index (χ1v) is 17.0. The number of aliphatic hydroxyl groups is 1. The molecule has 2 unspecified atom stereocenters. The van der Waals surface area contributed by atoms with Gasteiger partial charge in [0, 0.05) is 17.7 Å². The molecule has 1 saturated carbocycles. The third-order valence-corrected chi connectivity index (χ3v) is 9.94. The molecule has 47 heavy (non-hydrogen) atoms. The van der Waals surface area contributed by atoms with E-state index in [-0.39, 0.29) is 24.8 Å². The highest BCUT2D eigenvalue weighted by molar-refractivity contribution is 7.52. The SMILES string of the molecule is C[C@H](NP(=O)(Oc1cccc2ccccc12)OC1C[C@H](n2cnc3c(N)nc(C4CC4)nc32)O[C@@H]1CO)C(=O)OCc1ccccc1. The van der Waals surface area contributed by atoms with Crippen LogP contribution in [0, 0.1) is 0 Å². The summed E-state index contributed by atoms with van der Waals surface area (Å²) in [5.41, 5.74) is 7.96. The number of rotatable bonds is 12. The summed E-state index contributed by atoms with van der Waals surface area (Å²) >= 11 is 0. The minimum Gasteiger partial charge on any atom is -0.460 e. The molecular weight excluding hydrogens is 623 g/mol. The molecule has 5 aromatic rings. The van der Waals surface area contributed by atoms with Crippen LogP contribution in [0.5, 0.6) is 5.75 Å². The number of aliphatic hydroxyl groups excluding tert-OH is 1. The summed E-state index contributed by atoms with van der Waals surface area (Å²) in [4.78, 5) is 26.6. The van der Waals surface area contributed by atoms with Gasteiger partial charge in [-0.25, -0.2) is 19.5 Å². The minimum atomic E-state index is -4.34. The molecule has 13 nitrogen and oxygen atoms in total. The van der Waals surface area contributed by atoms with Crippen molar-refractivity contribution in [1.29, 1.82) is 0 Å². The lowest BCUT2D eigenvalue weighted by atomic mass is 10.1. The van der Waals surface area contributed by atoms with Crippen LogP contribution in [0.3, 0.4) is 0 Å². The molecule has 0 radical (unpaired) electrons. The van der Waals surface area contributed by atoms with Crippen molar-refractivity contribution >= 4 is 41.5 Å². The van der Waals surface area contributed by atoms with E-state index in [0.29, 0.717) is 28.1 Å². The molecule has 2 aliphatic rings. The van der Waals surface area contributed by atoms with Crippen LogP contribution >= 0.6 is 7.75 Å². The molecule has 0 bridgehead atoms. The normalized spacial score (nSPS) is 21.4. The van der Waals surface area contributed by atoms with Gasteiger partial charge in [0.1, 0.15) is 48.2 Å². The van der Waals surface area contributed by atoms with Crippen LogP contribution < -0.4 is 15.3 Å². The van der Waals surface area contributed by atoms with Gasteiger partial charge in [-0.05, 0) is 36.8 Å². The van der Waals surface area contributed by atoms with E-state index in [0.717, 1.165) is 23.8 Å². The highest BCUT2D eigenvalue weighted by Gasteiger charge is 2.44. The van der Waals surface area contributed by atoms with E-state index >= 15 is 0 Å². The molecule has 3 heterocycles. The van der Waals surface area contributed by atoms with Crippen molar-refractivity contribution < 1.29 is 33.0 Å². The van der Waals surface area contributed by atoms with Gasteiger partial charge in [-0.2, -0.15) is 5.09 Å². The third kappa shape index (κ3) is 6.71. The number of hydrogen-bond acceptors (Lipinski definition) is 11. The van der Waals surface area contributed by atoms with Crippen molar-refractivity contribution in [3.63, 3.8) is 0 Å². The van der Waals surface area contributed by atoms with Crippen molar-refractivity contribution in [3.8, 4) is 5.75 Å². The maximum atomic E-state index is 14.7. The van der Waals surface area contributed by atoms with Gasteiger partial charge >= 0.3 is 13.7 Å². The molecule has 0 spiro atoms. The molecule has 0 amide bonds. The van der Waals surface area contributed by atoms with Gasteiger partial charge in [0.25, 0.3) is 0 Å². The predicted molar refractivity (Wildman–Crippen MR) is 173 cm³/mol. The number of nitrogens with zero attached hydrogens (tertiary/aromatic N) is 4. The van der Waals surface area contributed by atoms with E-state index < -0.39 is 44.8 Å². The smallest absolute Gasteiger partial charge is 0.459 e. The summed E-state index contributed by atoms with van der Waals surface area (Å²) in [6.45, 7) is 1.13. The summed E-state index contributed by atoms with van der Waals surface area (Å²) in [6, 6.07) is 21.0. The molecule has 7 rings (SSSR count). The summed E-state index contributed by atoms with van der Waals surface area (Å²) in [6.07, 6.45) is 1.25. The quantitative estimate of drug-likeness (QED) is 0.121. The van der Waals surface area contributed by atoms with Gasteiger partial charge in [0.05, 0.1) is 12.9 Å². The zero-order valence-electron chi connectivity index (χ0n) is 25.6. The van der Waals surface area contributed by atoms with E-state index in [2.05, 4.69) is 15.1 Å². The molecule has 1 saturated heterocycles. The number of ether oxygens (including phenoxy) is 2. The van der Waals surface area contributed by atoms with Gasteiger partial charge in [-0.3, -0.25) is 13.9 Å². The zero-order valence-corrected chi connectivity index (χ0v) is 26.5. The first kappa shape index (κ1) is 31.2. The number of fused-ring (bicyclic) bond motifs is 2. The Hall–Kier alpha value is -4.39. The fourth-order valence-electron chi connectivity index (χ4n) is 5.64. The number of carbonyl (C=O) groups excluding carboxylic acids is 1. The standard InChI is InChI=1S/C33H35N6O7P/c1-20(33(41)43-18-21-8-3-2-4-9-21)38-47(42,45-25-13-7-11-22-10-5-6-12-24(22)25)46-26-16-28(44-27(26)17-40)39-19-35-29-30(34)36-31(23-14-15-23)37-32(29)39/h2-13,19-20,23,26-28,40H,14-18H2,1H3,(H,38,42)(H2,34,36,37)/t20-,26?,27+,28+,47?/m0/s1. The highest BCUT2D eigenvalue weighted by Crippen LogP contribution is 2.51. The van der Waals surface area contributed by atoms with Gasteiger partial charge in [0.2, 0.25) is 0 Å². The molecule has 1 aliphatic carbocycles. The molecule has 14 heteroatoms. The van der Waals surface area contributed by atoms with Crippen LogP contribution in [0.25, 0.3) is 21.9 Å². The van der Waals surface area contributed by atoms with Gasteiger partial charge in [-0.15, -0.1) is 0 Å². The number of nitrogens with two attached hydrogens (primary N) is 1. The van der Waals surface area contributed by atoms with Gasteiger partial charge in [-0.1, -0.05) is 66.7 Å². The van der Waals surface area contributed by atoms with Crippen molar-refractivity contribution in [3.05, 3.63) is 90.5 Å². The van der Waals surface area contributed by atoms with Crippen LogP contribution in [0.15, 0.2) is 79.1 Å². The first-order chi connectivity index (χ1) is 22.8. The zero-order chi connectivity index (χ0) is 32.5. The fraction of sp³-hybridized carbons (Fsp3) is 0.333. The van der Waals surface area contributed by atoms with Crippen molar-refractivity contribution in [2.45, 2.75) is 63.2 Å². The Labute approximate surface area is 270 Å². The topological polar surface area (TPSA) is 173 Å². The second-order valence-electron chi connectivity index (χ2n) is 11.8. The lowest BCUT2D eigenvalue weighted by Gasteiger charge is -2.27. The van der Waals surface area contributed by atoms with E-state index in [1.54, 1.807) is 23.0 Å². The van der Waals surface area contributed by atoms with E-state index in [9.17, 15) is 14.5 Å². The molecule has 5 atom stereocenters. The second kappa shape index (κ2) is 13.0. The molecule has 1 aliphatic heterocycles. The summed E-state index contributed by atoms with van der Waals surface area (Å²) in [5, 5.41) is 14.6. The molecule has 244 valence electrons. The van der Waals surface area contributed by atoms with Crippen LogP contribution in [0.4, 0.5) is 5.82 Å². The Morgan fingerprint density at radius 2 is 1.87 bits per heavy atom. The molecule has 2 aromatic heterocycles. The molecule has 3 aromatic carbocycles. The van der Waals surface area contributed by atoms with Crippen LogP contribution in [-0.2, 0) is 30.0 Å². The van der Waals surface area contributed by atoms with Crippen molar-refractivity contribution in [2.24, 2.45) is 0 Å². The number of carbonyl (C=O) groups is 1. The number of nitrogen functional groups attached to an aromatic ring is 1. The predicted octanol–water partition coefficient (Wildman–Crippen LogP) is 5.01. The average molecular weight is 659 g/mol. The minimum absolute atomic E-state index is 0.0428. The number of imidazole rings is 1. The van der Waals surface area contributed by atoms with Crippen LogP contribution in [-0.4, -0.2) is 55.5 Å². The van der Waals surface area contributed by atoms with E-state index in [1.807, 2.05) is 60.7 Å². The number of aromatic nitrogens is 4. The monoisotopic (exact) mass is 658 g/mol. The maximum absolute atomic E-state index is 14.7. The van der Waals surface area contributed by atoms with Crippen LogP contribution in [0.1, 0.15) is 49.7 Å². The Morgan fingerprint density at radius 3 is 2.66 bits per heavy atom. The lowest BCUT2D eigenvalue weighted by Crippen LogP contribution is -2.37. The van der Waals surface area contributed by atoms with Crippen LogP contribution in [0.2, 0.25) is 0 Å². The van der Waals surface area contributed by atoms with Gasteiger partial charge < -0.3 is 24.8 Å². The number of anilines is 1. The van der Waals surface area contributed by atoms with E-state index in [1.165, 1.54) is 6.92 Å². The Kier molecular flexibility index (Phi) is 8.65. The Bertz CT molecular complexity index is 1950. The maximum Gasteiger partial charge on any atom is 0.459 e. The molecular formula is C33H35N6O7P. The summed E-state index contributed by atoms with van der Waals surface area (Å²) in [7, 11) is -4.34. The highest BCUT2D eigenvalue weighted by atomic mass is 31.2. The van der Waals surface area contributed by atoms with Crippen molar-refractivity contribution in [1.82, 2.24) is 24.6 Å². The molecule has 4 N–H and O–H groups in total. The molecule has 2 fully saturated rings. The first-order valence-electron chi connectivity index (χ1n) is 15.5. The largest absolute Gasteiger partial charge is 0.460 e. The number of esters is 1. The Morgan fingerprint density at radius 1 is 1.11 bits per heavy atom. The third-order valence-electron chi connectivity index (χ3n) is 8.25. The number of hydrogen-bond donors (Lipinski definition) is 3. The lowest BCUT2D eigenvalue weighted by molar-refractivity contribution is -0.146. The summed E-state index contributed by atoms with van der Waals surface area (Å²) < 4.78 is 40.4. The Balaban J connectivity index is 1.15.